The topological polar surface area (TPSA) is 29.1 Å². The summed E-state index contributed by atoms with van der Waals surface area (Å²) in [6, 6.07) is 0. The molecule has 15 heavy (non-hydrogen) atoms. The quantitative estimate of drug-likeness (QED) is 0.785. The summed E-state index contributed by atoms with van der Waals surface area (Å²) >= 11 is 3.53. The van der Waals surface area contributed by atoms with Crippen molar-refractivity contribution < 1.29 is 4.79 Å². The molecule has 0 bridgehead atoms. The van der Waals surface area contributed by atoms with E-state index in [-0.39, 0.29) is 5.92 Å². The van der Waals surface area contributed by atoms with Gasteiger partial charge in [-0.05, 0) is 37.0 Å². The van der Waals surface area contributed by atoms with Crippen molar-refractivity contribution in [1.29, 1.82) is 0 Å². The fraction of sp³-hybridized carbons (Fsp3) is 0.917. The maximum absolute atomic E-state index is 11.9. The van der Waals surface area contributed by atoms with Crippen LogP contribution in [0, 0.1) is 17.3 Å². The molecular weight excluding hydrogens is 254 g/mol. The Hall–Kier alpha value is -0.0500. The predicted octanol–water partition coefficient (Wildman–Crippen LogP) is 2.71. The van der Waals surface area contributed by atoms with Gasteiger partial charge < -0.3 is 5.32 Å². The van der Waals surface area contributed by atoms with Crippen molar-refractivity contribution in [2.45, 2.75) is 39.0 Å². The molecule has 0 heterocycles. The molecule has 2 aliphatic carbocycles. The van der Waals surface area contributed by atoms with Gasteiger partial charge in [-0.25, -0.2) is 0 Å². The summed E-state index contributed by atoms with van der Waals surface area (Å²) in [5.41, 5.74) is 0.400. The summed E-state index contributed by atoms with van der Waals surface area (Å²) in [6.45, 7) is 3.08. The van der Waals surface area contributed by atoms with Gasteiger partial charge in [0.1, 0.15) is 0 Å². The third-order valence-electron chi connectivity index (χ3n) is 4.08. The van der Waals surface area contributed by atoms with Gasteiger partial charge in [-0.2, -0.15) is 0 Å². The first-order valence-corrected chi connectivity index (χ1v) is 7.13. The van der Waals surface area contributed by atoms with E-state index in [1.165, 1.54) is 25.7 Å². The minimum atomic E-state index is 0.288. The maximum atomic E-state index is 11.9. The van der Waals surface area contributed by atoms with Crippen LogP contribution in [0.15, 0.2) is 0 Å². The molecule has 2 aliphatic rings. The van der Waals surface area contributed by atoms with E-state index in [9.17, 15) is 4.79 Å². The van der Waals surface area contributed by atoms with Crippen LogP contribution in [-0.4, -0.2) is 17.8 Å². The highest BCUT2D eigenvalue weighted by atomic mass is 79.9. The van der Waals surface area contributed by atoms with E-state index in [0.717, 1.165) is 18.3 Å². The van der Waals surface area contributed by atoms with Gasteiger partial charge in [0.2, 0.25) is 5.91 Å². The van der Waals surface area contributed by atoms with Crippen LogP contribution in [0.3, 0.4) is 0 Å². The number of carbonyl (C=O) groups excluding carboxylic acids is 1. The van der Waals surface area contributed by atoms with Crippen LogP contribution in [0.1, 0.15) is 39.0 Å². The smallest absolute Gasteiger partial charge is 0.223 e. The van der Waals surface area contributed by atoms with Crippen LogP contribution in [0.4, 0.5) is 0 Å². The molecule has 1 N–H and O–H groups in total. The van der Waals surface area contributed by atoms with Crippen LogP contribution >= 0.6 is 15.9 Å². The SMILES string of the molecule is CC1CCCC1C(=O)NCC1(CBr)CC1. The average Bonchev–Trinajstić information content (AvgIpc) is 2.91. The van der Waals surface area contributed by atoms with Crippen molar-refractivity contribution in [3.63, 3.8) is 0 Å². The van der Waals surface area contributed by atoms with Crippen molar-refractivity contribution in [1.82, 2.24) is 5.32 Å². The average molecular weight is 274 g/mol. The number of hydrogen-bond donors (Lipinski definition) is 1. The summed E-state index contributed by atoms with van der Waals surface area (Å²) in [6.07, 6.45) is 6.07. The Morgan fingerprint density at radius 2 is 2.20 bits per heavy atom. The second kappa shape index (κ2) is 4.44. The fourth-order valence-electron chi connectivity index (χ4n) is 2.48. The fourth-order valence-corrected chi connectivity index (χ4v) is 3.23. The van der Waals surface area contributed by atoms with E-state index in [1.807, 2.05) is 0 Å². The van der Waals surface area contributed by atoms with Crippen LogP contribution < -0.4 is 5.32 Å². The first kappa shape index (κ1) is 11.4. The van der Waals surface area contributed by atoms with E-state index in [4.69, 9.17) is 0 Å². The predicted molar refractivity (Wildman–Crippen MR) is 65.0 cm³/mol. The molecule has 0 aromatic carbocycles. The van der Waals surface area contributed by atoms with Gasteiger partial charge in [-0.3, -0.25) is 4.79 Å². The summed E-state index contributed by atoms with van der Waals surface area (Å²) in [7, 11) is 0. The molecule has 0 radical (unpaired) electrons. The number of hydrogen-bond acceptors (Lipinski definition) is 1. The van der Waals surface area contributed by atoms with Crippen LogP contribution in [-0.2, 0) is 4.79 Å². The standard InChI is InChI=1S/C12H20BrNO/c1-9-3-2-4-10(9)11(15)14-8-12(7-13)5-6-12/h9-10H,2-8H2,1H3,(H,14,15). The number of carbonyl (C=O) groups is 1. The zero-order valence-electron chi connectivity index (χ0n) is 9.39. The van der Waals surface area contributed by atoms with Crippen molar-refractivity contribution >= 4 is 21.8 Å². The van der Waals surface area contributed by atoms with Gasteiger partial charge in [0.15, 0.2) is 0 Å². The number of nitrogens with one attached hydrogen (secondary N) is 1. The van der Waals surface area contributed by atoms with E-state index in [2.05, 4.69) is 28.2 Å². The Morgan fingerprint density at radius 3 is 2.67 bits per heavy atom. The van der Waals surface area contributed by atoms with Crippen molar-refractivity contribution in [3.05, 3.63) is 0 Å². The zero-order valence-corrected chi connectivity index (χ0v) is 11.0. The molecule has 0 aromatic rings. The van der Waals surface area contributed by atoms with Crippen molar-refractivity contribution in [3.8, 4) is 0 Å². The van der Waals surface area contributed by atoms with Gasteiger partial charge in [0.25, 0.3) is 0 Å². The monoisotopic (exact) mass is 273 g/mol. The van der Waals surface area contributed by atoms with Gasteiger partial charge in [-0.15, -0.1) is 0 Å². The molecule has 2 fully saturated rings. The zero-order chi connectivity index (χ0) is 10.9. The number of alkyl halides is 1. The molecule has 1 amide bonds. The molecular formula is C12H20BrNO. The Bertz CT molecular complexity index is 250. The normalized spacial score (nSPS) is 32.7. The van der Waals surface area contributed by atoms with Crippen molar-refractivity contribution in [2.75, 3.05) is 11.9 Å². The molecule has 0 aliphatic heterocycles. The molecule has 2 saturated carbocycles. The highest BCUT2D eigenvalue weighted by Gasteiger charge is 2.42. The third-order valence-corrected chi connectivity index (χ3v) is 5.27. The number of amides is 1. The van der Waals surface area contributed by atoms with Crippen molar-refractivity contribution in [2.24, 2.45) is 17.3 Å². The Morgan fingerprint density at radius 1 is 1.47 bits per heavy atom. The first-order valence-electron chi connectivity index (χ1n) is 6.01. The van der Waals surface area contributed by atoms with E-state index >= 15 is 0 Å². The van der Waals surface area contributed by atoms with Crippen LogP contribution in [0.5, 0.6) is 0 Å². The largest absolute Gasteiger partial charge is 0.355 e. The lowest BCUT2D eigenvalue weighted by Gasteiger charge is -2.18. The minimum absolute atomic E-state index is 0.288. The minimum Gasteiger partial charge on any atom is -0.355 e. The van der Waals surface area contributed by atoms with Gasteiger partial charge in [0.05, 0.1) is 0 Å². The lowest BCUT2D eigenvalue weighted by atomic mass is 9.97. The molecule has 0 spiro atoms. The third kappa shape index (κ3) is 2.55. The lowest BCUT2D eigenvalue weighted by Crippen LogP contribution is -2.36. The lowest BCUT2D eigenvalue weighted by molar-refractivity contribution is -0.126. The molecule has 0 saturated heterocycles. The van der Waals surface area contributed by atoms with Crippen LogP contribution in [0.2, 0.25) is 0 Å². The molecule has 2 rings (SSSR count). The summed E-state index contributed by atoms with van der Waals surface area (Å²) in [4.78, 5) is 11.9. The molecule has 86 valence electrons. The first-order chi connectivity index (χ1) is 7.17. The van der Waals surface area contributed by atoms with E-state index in [0.29, 0.717) is 17.2 Å². The molecule has 0 aromatic heterocycles. The van der Waals surface area contributed by atoms with Gasteiger partial charge in [-0.1, -0.05) is 29.3 Å². The highest BCUT2D eigenvalue weighted by molar-refractivity contribution is 9.09. The Labute approximate surface area is 100 Å². The Kier molecular flexibility index (Phi) is 3.39. The number of halogens is 1. The summed E-state index contributed by atoms with van der Waals surface area (Å²) in [5.74, 6) is 1.17. The summed E-state index contributed by atoms with van der Waals surface area (Å²) < 4.78 is 0. The van der Waals surface area contributed by atoms with Crippen LogP contribution in [0.25, 0.3) is 0 Å². The number of rotatable bonds is 4. The van der Waals surface area contributed by atoms with E-state index in [1.54, 1.807) is 0 Å². The molecule has 2 unspecified atom stereocenters. The maximum Gasteiger partial charge on any atom is 0.223 e. The molecule has 3 heteroatoms. The van der Waals surface area contributed by atoms with Gasteiger partial charge >= 0.3 is 0 Å². The highest BCUT2D eigenvalue weighted by Crippen LogP contribution is 2.46. The van der Waals surface area contributed by atoms with Gasteiger partial charge in [0, 0.05) is 17.8 Å². The molecule has 2 atom stereocenters. The second-order valence-corrected chi connectivity index (χ2v) is 5.93. The Balaban J connectivity index is 1.77. The second-order valence-electron chi connectivity index (χ2n) is 5.37. The van der Waals surface area contributed by atoms with E-state index < -0.39 is 0 Å². The molecule has 2 nitrogen and oxygen atoms in total. The summed E-state index contributed by atoms with van der Waals surface area (Å²) in [5, 5.41) is 4.17.